The topological polar surface area (TPSA) is 288 Å². The SMILES string of the molecule is CCC(CC)n1cc(-c2nc(-c3cnn(C4CCN(C(=O)NC)CC4)c3)cn3nccc23)cn1.CCC(CC)n1cc(-c2nc(-c3cnn(C4CCN(C(C)=O)CC4)c3)cn3nccc23)cn1.CCC(CC)n1cc(-c2nc(-c3cnn(C4CCN(S(C)(=O)=O)CC4)c3)cn3nccc23)cn1. The summed E-state index contributed by atoms with van der Waals surface area (Å²) in [6.45, 7) is 18.7. The Hall–Kier alpha value is -10.2. The second-order valence-corrected chi connectivity index (χ2v) is 28.5. The first-order chi connectivity index (χ1) is 49.0. The number of fused-ring (bicyclic) bond motifs is 3. The van der Waals surface area contributed by atoms with Crippen molar-refractivity contribution >= 4 is 38.5 Å². The number of nitrogens with zero attached hydrogens (tertiary/aromatic N) is 24. The van der Waals surface area contributed by atoms with Crippen molar-refractivity contribution in [2.24, 2.45) is 0 Å². The van der Waals surface area contributed by atoms with E-state index >= 15 is 0 Å². The Morgan fingerprint density at radius 3 is 1.03 bits per heavy atom. The zero-order valence-electron chi connectivity index (χ0n) is 59.1. The lowest BCUT2D eigenvalue weighted by Gasteiger charge is -2.31. The maximum atomic E-state index is 11.9. The predicted octanol–water partition coefficient (Wildman–Crippen LogP) is 11.2. The molecule has 30 heteroatoms. The molecule has 3 amide bonds. The monoisotopic (exact) mass is 1390 g/mol. The van der Waals surface area contributed by atoms with E-state index in [-0.39, 0.29) is 24.0 Å². The normalized spacial score (nSPS) is 15.4. The van der Waals surface area contributed by atoms with Crippen LogP contribution >= 0.6 is 0 Å². The van der Waals surface area contributed by atoms with Gasteiger partial charge in [-0.3, -0.25) is 32.9 Å². The van der Waals surface area contributed by atoms with Crippen LogP contribution in [0.3, 0.4) is 0 Å². The number of amides is 3. The molecule has 29 nitrogen and oxygen atoms in total. The second-order valence-electron chi connectivity index (χ2n) is 26.5. The highest BCUT2D eigenvalue weighted by Crippen LogP contribution is 2.35. The molecule has 3 saturated heterocycles. The number of urea groups is 1. The largest absolute Gasteiger partial charge is 0.343 e. The Morgan fingerprint density at radius 1 is 0.426 bits per heavy atom. The van der Waals surface area contributed by atoms with Gasteiger partial charge in [-0.15, -0.1) is 0 Å². The van der Waals surface area contributed by atoms with Gasteiger partial charge < -0.3 is 15.1 Å². The molecule has 0 unspecified atom stereocenters. The highest BCUT2D eigenvalue weighted by molar-refractivity contribution is 7.88. The molecular weight excluding hydrogens is 1300 g/mol. The first-order valence-electron chi connectivity index (χ1n) is 35.5. The highest BCUT2D eigenvalue weighted by atomic mass is 32.2. The smallest absolute Gasteiger partial charge is 0.317 e. The van der Waals surface area contributed by atoms with E-state index in [0.29, 0.717) is 37.3 Å². The number of aromatic nitrogens is 21. The number of likely N-dealkylation sites (tertiary alicyclic amines) is 2. The summed E-state index contributed by atoms with van der Waals surface area (Å²) in [5.41, 5.74) is 13.5. The Balaban J connectivity index is 0.000000135. The molecule has 3 aliphatic rings. The molecule has 1 N–H and O–H groups in total. The third-order valence-electron chi connectivity index (χ3n) is 20.3. The van der Waals surface area contributed by atoms with E-state index in [1.165, 1.54) is 10.6 Å². The van der Waals surface area contributed by atoms with Crippen molar-refractivity contribution in [3.63, 3.8) is 0 Å². The van der Waals surface area contributed by atoms with Crippen LogP contribution in [0.1, 0.15) is 162 Å². The number of hydrogen-bond donors (Lipinski definition) is 1. The summed E-state index contributed by atoms with van der Waals surface area (Å²) in [5.74, 6) is 0.145. The maximum absolute atomic E-state index is 11.9. The van der Waals surface area contributed by atoms with E-state index in [2.05, 4.69) is 124 Å². The number of carbonyl (C=O) groups excluding carboxylic acids is 2. The summed E-state index contributed by atoms with van der Waals surface area (Å²) in [5, 5.41) is 43.8. The summed E-state index contributed by atoms with van der Waals surface area (Å²) in [6, 6.07) is 7.75. The van der Waals surface area contributed by atoms with Gasteiger partial charge in [0.25, 0.3) is 0 Å². The van der Waals surface area contributed by atoms with Crippen LogP contribution in [0.2, 0.25) is 0 Å². The van der Waals surface area contributed by atoms with Gasteiger partial charge in [0.15, 0.2) is 0 Å². The summed E-state index contributed by atoms with van der Waals surface area (Å²) < 4.78 is 42.8. The van der Waals surface area contributed by atoms with E-state index in [9.17, 15) is 18.0 Å². The number of hydrogen-bond acceptors (Lipinski definition) is 16. The van der Waals surface area contributed by atoms with E-state index in [0.717, 1.165) is 187 Å². The van der Waals surface area contributed by atoms with Crippen molar-refractivity contribution in [1.82, 2.24) is 122 Å². The zero-order chi connectivity index (χ0) is 70.5. The van der Waals surface area contributed by atoms with Crippen molar-refractivity contribution in [3.8, 4) is 67.5 Å². The van der Waals surface area contributed by atoms with Crippen LogP contribution in [0.5, 0.6) is 0 Å². The fraction of sp³-hybridized carbons (Fsp3) is 0.465. The molecule has 0 aliphatic carbocycles. The third-order valence-corrected chi connectivity index (χ3v) is 21.6. The first-order valence-corrected chi connectivity index (χ1v) is 37.4. The first kappa shape index (κ1) is 69.3. The van der Waals surface area contributed by atoms with Crippen LogP contribution < -0.4 is 5.32 Å². The van der Waals surface area contributed by atoms with Gasteiger partial charge in [0.05, 0.1) is 168 Å². The molecule has 15 heterocycles. The molecular formula is C71H91N25O4S. The van der Waals surface area contributed by atoms with Gasteiger partial charge in [-0.1, -0.05) is 41.5 Å². The summed E-state index contributed by atoms with van der Waals surface area (Å²) >= 11 is 0. The fourth-order valence-corrected chi connectivity index (χ4v) is 15.1. The van der Waals surface area contributed by atoms with Crippen molar-refractivity contribution in [1.29, 1.82) is 0 Å². The van der Waals surface area contributed by atoms with Gasteiger partial charge in [-0.05, 0) is 95.2 Å². The zero-order valence-corrected chi connectivity index (χ0v) is 59.9. The van der Waals surface area contributed by atoms with E-state index < -0.39 is 10.0 Å². The molecule has 0 saturated carbocycles. The van der Waals surface area contributed by atoms with Crippen LogP contribution in [-0.4, -0.2) is 190 Å². The summed E-state index contributed by atoms with van der Waals surface area (Å²) in [7, 11) is -1.48. The van der Waals surface area contributed by atoms with Crippen LogP contribution in [0.25, 0.3) is 84.1 Å². The molecule has 15 rings (SSSR count). The quantitative estimate of drug-likeness (QED) is 0.0787. The molecule has 3 aliphatic heterocycles. The van der Waals surface area contributed by atoms with E-state index in [1.54, 1.807) is 32.6 Å². The van der Waals surface area contributed by atoms with Gasteiger partial charge in [-0.2, -0.15) is 45.9 Å². The molecule has 3 fully saturated rings. The third kappa shape index (κ3) is 14.9. The number of sulfonamides is 1. The lowest BCUT2D eigenvalue weighted by molar-refractivity contribution is -0.130. The lowest BCUT2D eigenvalue weighted by Crippen LogP contribution is -2.43. The van der Waals surface area contributed by atoms with Crippen molar-refractivity contribution in [2.75, 3.05) is 52.6 Å². The molecule has 0 spiro atoms. The molecule has 0 radical (unpaired) electrons. The lowest BCUT2D eigenvalue weighted by atomic mass is 10.1. The minimum absolute atomic E-state index is 0.0172. The number of carbonyl (C=O) groups is 2. The Labute approximate surface area is 587 Å². The minimum Gasteiger partial charge on any atom is -0.343 e. The molecule has 12 aromatic heterocycles. The standard InChI is InChI=1S/C24H31N9O.C24H30N8O.C23H30N8O2S/c1-4-19(5-2)31-15-18(13-28-31)23-22-6-9-26-33(22)16-21(29-23)17-12-27-32(14-17)20-7-10-30(11-8-20)24(34)25-3;1-4-20(5-2)30-15-19(13-27-30)24-23-6-9-25-32(23)16-22(28-24)18-12-26-31(14-18)21-7-10-29(11-8-21)17(3)33;1-4-19(5-2)29-15-18(13-26-29)23-22-6-9-24-31(22)16-21(27-23)17-12-25-30(14-17)20-7-10-28(11-8-20)34(3,32)33/h6,9,12-16,19-20H,4-5,7-8,10-11H2,1-3H3,(H,25,34);6,9,12-16,20-21H,4-5,7-8,10-11H2,1-3H3;6,9,12-16,19-20H,4-5,7-8,10-11H2,1-3H3. The van der Waals surface area contributed by atoms with E-state index in [4.69, 9.17) is 15.0 Å². The Morgan fingerprint density at radius 2 is 0.733 bits per heavy atom. The predicted molar refractivity (Wildman–Crippen MR) is 385 cm³/mol. The van der Waals surface area contributed by atoms with Gasteiger partial charge in [0.1, 0.15) is 0 Å². The van der Waals surface area contributed by atoms with Crippen LogP contribution in [0, 0.1) is 0 Å². The summed E-state index contributed by atoms with van der Waals surface area (Å²) in [4.78, 5) is 42.3. The number of rotatable bonds is 19. The average molecular weight is 1390 g/mol. The molecule has 530 valence electrons. The van der Waals surface area contributed by atoms with Gasteiger partial charge in [-0.25, -0.2) is 46.0 Å². The Kier molecular flexibility index (Phi) is 20.8. The average Bonchev–Trinajstić information content (AvgIpc) is 1.68. The van der Waals surface area contributed by atoms with Crippen LogP contribution in [0.15, 0.2) is 130 Å². The molecule has 0 bridgehead atoms. The van der Waals surface area contributed by atoms with Gasteiger partial charge in [0, 0.05) is 124 Å². The maximum Gasteiger partial charge on any atom is 0.317 e. The van der Waals surface area contributed by atoms with Crippen molar-refractivity contribution in [3.05, 3.63) is 130 Å². The highest BCUT2D eigenvalue weighted by Gasteiger charge is 2.29. The molecule has 0 atom stereocenters. The second kappa shape index (κ2) is 30.3. The number of piperidine rings is 3. The van der Waals surface area contributed by atoms with Crippen LogP contribution in [0.4, 0.5) is 4.79 Å². The van der Waals surface area contributed by atoms with E-state index in [1.807, 2.05) is 132 Å². The molecule has 12 aromatic rings. The van der Waals surface area contributed by atoms with Gasteiger partial charge >= 0.3 is 6.03 Å². The minimum atomic E-state index is -3.15. The van der Waals surface area contributed by atoms with Crippen LogP contribution in [-0.2, 0) is 14.8 Å². The molecule has 0 aromatic carbocycles. The van der Waals surface area contributed by atoms with Gasteiger partial charge in [0.2, 0.25) is 15.9 Å². The van der Waals surface area contributed by atoms with Crippen molar-refractivity contribution < 1.29 is 18.0 Å². The van der Waals surface area contributed by atoms with Crippen molar-refractivity contribution in [2.45, 2.75) is 162 Å². The Bertz CT molecular complexity index is 4890. The fourth-order valence-electron chi connectivity index (χ4n) is 14.2. The number of nitrogens with one attached hydrogen (secondary N) is 1. The molecule has 101 heavy (non-hydrogen) atoms. The summed E-state index contributed by atoms with van der Waals surface area (Å²) in [6.07, 6.45) is 47.2.